The van der Waals surface area contributed by atoms with Crippen LogP contribution in [0.3, 0.4) is 0 Å². The number of aliphatic hydroxyl groups is 8. The number of amides is 2. The van der Waals surface area contributed by atoms with E-state index in [4.69, 9.17) is 95.2 Å². The van der Waals surface area contributed by atoms with Crippen LogP contribution in [-0.4, -0.2) is 276 Å². The molecule has 4 saturated heterocycles. The van der Waals surface area contributed by atoms with E-state index in [1.165, 1.54) is 0 Å². The Morgan fingerprint density at radius 2 is 0.750 bits per heavy atom. The lowest BCUT2D eigenvalue weighted by Crippen LogP contribution is -2.68. The number of aliphatic hydroxyl groups excluding tert-OH is 8. The van der Waals surface area contributed by atoms with Crippen molar-refractivity contribution in [2.45, 2.75) is 210 Å². The summed E-state index contributed by atoms with van der Waals surface area (Å²) in [6, 6.07) is 6.69. The van der Waals surface area contributed by atoms with Gasteiger partial charge in [-0.25, -0.2) is 0 Å². The SMILES string of the molecule is NCC1OC(OC2C(N)CC(N)C(OC3OC(CNCCCNC(=O)c4ccccc4-c4ccccc4C(=O)NCCCNCC4OC(OC5C(N)CC(N)C(OC6OC(CN)C(O)CC6N)C5O)C(O)C(N)C4O)C(O)C(N)C3O)C2O)C(N)CC1O. The Kier molecular flexibility index (Phi) is 25.7. The van der Waals surface area contributed by atoms with Gasteiger partial charge in [0.05, 0.1) is 60.8 Å². The number of nitrogens with two attached hydrogens (primary N) is 10. The summed E-state index contributed by atoms with van der Waals surface area (Å²) in [6.45, 7) is 1.31. The number of carbonyl (C=O) groups excluding carboxylic acids is 2. The van der Waals surface area contributed by atoms with Crippen molar-refractivity contribution in [1.29, 1.82) is 0 Å². The van der Waals surface area contributed by atoms with E-state index in [-0.39, 0.29) is 76.8 Å². The van der Waals surface area contributed by atoms with Crippen LogP contribution >= 0.6 is 0 Å². The van der Waals surface area contributed by atoms with Gasteiger partial charge in [0, 0.05) is 74.6 Å². The highest BCUT2D eigenvalue weighted by Gasteiger charge is 2.53. The molecule has 32 N–H and O–H groups in total. The molecule has 32 nitrogen and oxygen atoms in total. The monoisotopic (exact) mass is 1250 g/mol. The Hall–Kier alpha value is -3.74. The second kappa shape index (κ2) is 32.2. The van der Waals surface area contributed by atoms with E-state index in [0.29, 0.717) is 48.2 Å². The predicted octanol–water partition coefficient (Wildman–Crippen LogP) is -9.78. The highest BCUT2D eigenvalue weighted by atomic mass is 16.7. The molecule has 88 heavy (non-hydrogen) atoms. The Morgan fingerprint density at radius 1 is 0.420 bits per heavy atom. The molecule has 0 radical (unpaired) electrons. The van der Waals surface area contributed by atoms with Crippen molar-refractivity contribution < 1.29 is 88.3 Å². The van der Waals surface area contributed by atoms with Crippen molar-refractivity contribution in [3.05, 3.63) is 59.7 Å². The third-order valence-corrected chi connectivity index (χ3v) is 17.4. The standard InChI is InChI=1S/C56H96N14O18/c57-19-35-33(71)17-31(63)53(81-35)85-47-27(59)15-29(61)49(45(47)77)87-55-43(75)39(65)41(73)37(83-55)21-67-11-5-13-69-51(79)25-9-3-1-7-23(25)24-8-2-4-10-26(24)52(80)70-14-6-12-68-22-38-42(74)40(66)44(76)56(84-38)88-50-30(62)16-28(60)48(46(50)78)86-54-32(64)18-34(72)36(20-58)82-54/h1-4,7-10,27-50,53-56,67-68,71-78H,5-6,11-22,57-66H2,(H,69,79)(H,70,80). The molecule has 2 aliphatic carbocycles. The zero-order valence-corrected chi connectivity index (χ0v) is 49.1. The fourth-order valence-electron chi connectivity index (χ4n) is 12.2. The molecular formula is C56H96N14O18. The molecule has 28 atom stereocenters. The van der Waals surface area contributed by atoms with Crippen LogP contribution < -0.4 is 78.6 Å². The molecule has 0 bridgehead atoms. The Balaban J connectivity index is 0.764. The lowest BCUT2D eigenvalue weighted by molar-refractivity contribution is -0.311. The van der Waals surface area contributed by atoms with Crippen LogP contribution in [0.5, 0.6) is 0 Å². The molecule has 498 valence electrons. The lowest BCUT2D eigenvalue weighted by atomic mass is 9.84. The van der Waals surface area contributed by atoms with Crippen LogP contribution in [0.2, 0.25) is 0 Å². The lowest BCUT2D eigenvalue weighted by Gasteiger charge is -2.48. The van der Waals surface area contributed by atoms with Gasteiger partial charge in [0.2, 0.25) is 0 Å². The van der Waals surface area contributed by atoms with Crippen molar-refractivity contribution in [2.24, 2.45) is 57.3 Å². The van der Waals surface area contributed by atoms with Crippen molar-refractivity contribution in [2.75, 3.05) is 52.4 Å². The van der Waals surface area contributed by atoms with Crippen molar-refractivity contribution in [3.8, 4) is 11.1 Å². The highest BCUT2D eigenvalue weighted by molar-refractivity contribution is 6.06. The smallest absolute Gasteiger partial charge is 0.251 e. The normalized spacial score (nSPS) is 41.5. The van der Waals surface area contributed by atoms with Gasteiger partial charge in [0.25, 0.3) is 11.8 Å². The number of rotatable bonds is 25. The summed E-state index contributed by atoms with van der Waals surface area (Å²) in [4.78, 5) is 27.5. The first kappa shape index (κ1) is 70.1. The van der Waals surface area contributed by atoms with E-state index >= 15 is 0 Å². The summed E-state index contributed by atoms with van der Waals surface area (Å²) in [6.07, 6.45) is -21.8. The minimum atomic E-state index is -1.52. The first-order chi connectivity index (χ1) is 42.0. The quantitative estimate of drug-likeness (QED) is 0.0411. The molecule has 4 heterocycles. The van der Waals surface area contributed by atoms with E-state index in [1.807, 2.05) is 0 Å². The van der Waals surface area contributed by atoms with Gasteiger partial charge < -0.3 is 157 Å². The first-order valence-corrected chi connectivity index (χ1v) is 30.3. The molecule has 2 aromatic rings. The number of ether oxygens (including phenoxy) is 8. The van der Waals surface area contributed by atoms with Crippen LogP contribution in [0.15, 0.2) is 48.5 Å². The fourth-order valence-corrected chi connectivity index (χ4v) is 12.2. The molecule has 2 saturated carbocycles. The maximum Gasteiger partial charge on any atom is 0.251 e. The first-order valence-electron chi connectivity index (χ1n) is 30.3. The average Bonchev–Trinajstić information content (AvgIpc) is 1.09. The number of nitrogens with one attached hydrogen (secondary N) is 4. The maximum absolute atomic E-state index is 13.7. The molecule has 4 aliphatic heterocycles. The number of carbonyl (C=O) groups is 2. The number of benzene rings is 2. The molecule has 2 amide bonds. The zero-order chi connectivity index (χ0) is 63.7. The topological polar surface area (TPSA) is 578 Å². The van der Waals surface area contributed by atoms with Gasteiger partial charge in [-0.3, -0.25) is 9.59 Å². The molecule has 0 spiro atoms. The van der Waals surface area contributed by atoms with Gasteiger partial charge >= 0.3 is 0 Å². The van der Waals surface area contributed by atoms with Crippen LogP contribution in [-0.2, 0) is 37.9 Å². The molecule has 6 fully saturated rings. The van der Waals surface area contributed by atoms with Crippen molar-refractivity contribution in [1.82, 2.24) is 21.3 Å². The zero-order valence-electron chi connectivity index (χ0n) is 49.1. The largest absolute Gasteiger partial charge is 0.390 e. The maximum atomic E-state index is 13.7. The van der Waals surface area contributed by atoms with Gasteiger partial charge in [0.15, 0.2) is 25.2 Å². The minimum Gasteiger partial charge on any atom is -0.390 e. The third kappa shape index (κ3) is 16.7. The summed E-state index contributed by atoms with van der Waals surface area (Å²) in [5.41, 5.74) is 63.7. The Labute approximate surface area is 510 Å². The molecule has 28 unspecified atom stereocenters. The summed E-state index contributed by atoms with van der Waals surface area (Å²) >= 11 is 0. The highest BCUT2D eigenvalue weighted by Crippen LogP contribution is 2.34. The predicted molar refractivity (Wildman–Crippen MR) is 314 cm³/mol. The van der Waals surface area contributed by atoms with E-state index in [1.54, 1.807) is 48.5 Å². The summed E-state index contributed by atoms with van der Waals surface area (Å²) < 4.78 is 47.9. The number of hydrogen-bond acceptors (Lipinski definition) is 30. The van der Waals surface area contributed by atoms with Gasteiger partial charge in [-0.1, -0.05) is 36.4 Å². The van der Waals surface area contributed by atoms with E-state index in [9.17, 15) is 50.4 Å². The van der Waals surface area contributed by atoms with E-state index in [0.717, 1.165) is 0 Å². The molecule has 2 aromatic carbocycles. The number of hydrogen-bond donors (Lipinski definition) is 22. The van der Waals surface area contributed by atoms with E-state index in [2.05, 4.69) is 21.3 Å². The van der Waals surface area contributed by atoms with Crippen molar-refractivity contribution in [3.63, 3.8) is 0 Å². The molecule has 6 aliphatic rings. The molecule has 32 heteroatoms. The minimum absolute atomic E-state index is 0.00734. The summed E-state index contributed by atoms with van der Waals surface area (Å²) in [5, 5.41) is 99.9. The van der Waals surface area contributed by atoms with Crippen LogP contribution in [0.1, 0.15) is 59.2 Å². The molecule has 8 rings (SSSR count). The van der Waals surface area contributed by atoms with Gasteiger partial charge in [-0.05, 0) is 74.9 Å². The van der Waals surface area contributed by atoms with Crippen LogP contribution in [0.25, 0.3) is 11.1 Å². The molecular weight excluding hydrogens is 1160 g/mol. The van der Waals surface area contributed by atoms with Crippen molar-refractivity contribution >= 4 is 11.8 Å². The fraction of sp³-hybridized carbons (Fsp3) is 0.750. The van der Waals surface area contributed by atoms with E-state index < -0.39 is 171 Å². The van der Waals surface area contributed by atoms with Crippen LogP contribution in [0, 0.1) is 0 Å². The van der Waals surface area contributed by atoms with Gasteiger partial charge in [0.1, 0.15) is 61.0 Å². The Morgan fingerprint density at radius 3 is 1.10 bits per heavy atom. The summed E-state index contributed by atoms with van der Waals surface area (Å²) in [7, 11) is 0. The second-order valence-electron chi connectivity index (χ2n) is 23.9. The molecule has 0 aromatic heterocycles. The summed E-state index contributed by atoms with van der Waals surface area (Å²) in [5.74, 6) is -0.766. The van der Waals surface area contributed by atoms with Crippen LogP contribution in [0.4, 0.5) is 0 Å². The van der Waals surface area contributed by atoms with Gasteiger partial charge in [-0.15, -0.1) is 0 Å². The average molecular weight is 1250 g/mol. The van der Waals surface area contributed by atoms with Gasteiger partial charge in [-0.2, -0.15) is 0 Å². The third-order valence-electron chi connectivity index (χ3n) is 17.4. The Bertz CT molecular complexity index is 2350. The second-order valence-corrected chi connectivity index (χ2v) is 23.9.